The van der Waals surface area contributed by atoms with Gasteiger partial charge in [0.05, 0.1) is 0 Å². The highest BCUT2D eigenvalue weighted by molar-refractivity contribution is 5.98. The molecule has 2 heterocycles. The van der Waals surface area contributed by atoms with Crippen molar-refractivity contribution in [1.29, 1.82) is 0 Å². The van der Waals surface area contributed by atoms with Crippen LogP contribution in [0.5, 0.6) is 0 Å². The first-order chi connectivity index (χ1) is 12.7. The van der Waals surface area contributed by atoms with Crippen LogP contribution in [0, 0.1) is 6.92 Å². The maximum Gasteiger partial charge on any atom is 0.295 e. The van der Waals surface area contributed by atoms with Gasteiger partial charge in [0.25, 0.3) is 5.91 Å². The smallest absolute Gasteiger partial charge is 0.295 e. The zero-order valence-electron chi connectivity index (χ0n) is 14.5. The lowest BCUT2D eigenvalue weighted by molar-refractivity contribution is 0.0993. The molecular weight excluding hydrogens is 322 g/mol. The average molecular weight is 341 g/mol. The lowest BCUT2D eigenvalue weighted by Crippen LogP contribution is -2.22. The Morgan fingerprint density at radius 3 is 2.65 bits per heavy atom. The van der Waals surface area contributed by atoms with E-state index in [-0.39, 0.29) is 5.91 Å². The second kappa shape index (κ2) is 6.84. The summed E-state index contributed by atoms with van der Waals surface area (Å²) in [6.07, 6.45) is 1.94. The molecule has 1 amide bonds. The first-order valence-corrected chi connectivity index (χ1v) is 8.57. The van der Waals surface area contributed by atoms with Gasteiger partial charge in [-0.15, -0.1) is 0 Å². The van der Waals surface area contributed by atoms with Crippen molar-refractivity contribution in [2.75, 3.05) is 0 Å². The molecular formula is C22H19N3O. The van der Waals surface area contributed by atoms with Gasteiger partial charge in [-0.05, 0) is 42.8 Å². The molecule has 0 saturated heterocycles. The number of fused-ring (bicyclic) bond motifs is 1. The van der Waals surface area contributed by atoms with E-state index in [9.17, 15) is 4.79 Å². The molecule has 2 aromatic carbocycles. The van der Waals surface area contributed by atoms with Gasteiger partial charge in [-0.2, -0.15) is 4.99 Å². The second-order valence-corrected chi connectivity index (χ2v) is 6.36. The van der Waals surface area contributed by atoms with Crippen molar-refractivity contribution >= 4 is 16.8 Å². The Morgan fingerprint density at radius 2 is 1.81 bits per heavy atom. The molecule has 0 aliphatic rings. The van der Waals surface area contributed by atoms with Crippen molar-refractivity contribution < 1.29 is 4.79 Å². The van der Waals surface area contributed by atoms with E-state index in [0.717, 1.165) is 22.0 Å². The van der Waals surface area contributed by atoms with Crippen LogP contribution in [0.2, 0.25) is 0 Å². The largest absolute Gasteiger partial charge is 0.350 e. The number of benzene rings is 2. The van der Waals surface area contributed by atoms with Crippen LogP contribution >= 0.6 is 0 Å². The van der Waals surface area contributed by atoms with E-state index in [2.05, 4.69) is 28.2 Å². The number of hydrogen-bond donors (Lipinski definition) is 1. The number of carbonyl (C=O) groups is 1. The fourth-order valence-electron chi connectivity index (χ4n) is 3.01. The Kier molecular flexibility index (Phi) is 4.23. The third kappa shape index (κ3) is 3.35. The van der Waals surface area contributed by atoms with E-state index in [1.165, 1.54) is 0 Å². The molecule has 0 aliphatic heterocycles. The molecule has 0 radical (unpaired) electrons. The fraction of sp³-hybridized carbons (Fsp3) is 0.0909. The number of carbonyl (C=O) groups excluding carboxylic acids is 1. The van der Waals surface area contributed by atoms with Crippen molar-refractivity contribution in [1.82, 2.24) is 9.55 Å². The first-order valence-electron chi connectivity index (χ1n) is 8.57. The second-order valence-electron chi connectivity index (χ2n) is 6.36. The Morgan fingerprint density at radius 1 is 1.00 bits per heavy atom. The SMILES string of the molecule is Cc1ccc2[nH]c(C(=O)N=c3ccccn3Cc3ccccc3)cc2c1. The third-order valence-electron chi connectivity index (χ3n) is 4.34. The highest BCUT2D eigenvalue weighted by Crippen LogP contribution is 2.17. The van der Waals surface area contributed by atoms with Crippen molar-refractivity contribution in [3.8, 4) is 0 Å². The van der Waals surface area contributed by atoms with E-state index in [4.69, 9.17) is 0 Å². The summed E-state index contributed by atoms with van der Waals surface area (Å²) in [6.45, 7) is 2.70. The molecule has 0 atom stereocenters. The van der Waals surface area contributed by atoms with Crippen molar-refractivity contribution in [2.24, 2.45) is 4.99 Å². The number of H-pyrrole nitrogens is 1. The summed E-state index contributed by atoms with van der Waals surface area (Å²) in [5.41, 5.74) is 4.40. The number of hydrogen-bond acceptors (Lipinski definition) is 1. The van der Waals surface area contributed by atoms with Crippen molar-refractivity contribution in [3.05, 3.63) is 101 Å². The van der Waals surface area contributed by atoms with Gasteiger partial charge in [0.15, 0.2) is 0 Å². The molecule has 0 saturated carbocycles. The maximum absolute atomic E-state index is 12.7. The van der Waals surface area contributed by atoms with E-state index < -0.39 is 0 Å². The number of nitrogens with zero attached hydrogens (tertiary/aromatic N) is 2. The molecule has 0 fully saturated rings. The molecule has 0 spiro atoms. The van der Waals surface area contributed by atoms with Gasteiger partial charge in [-0.3, -0.25) is 4.79 Å². The number of aromatic nitrogens is 2. The minimum absolute atomic E-state index is 0.271. The Balaban J connectivity index is 1.70. The highest BCUT2D eigenvalue weighted by Gasteiger charge is 2.09. The Labute approximate surface area is 151 Å². The van der Waals surface area contributed by atoms with E-state index in [1.54, 1.807) is 0 Å². The van der Waals surface area contributed by atoms with Crippen LogP contribution in [0.15, 0.2) is 84.0 Å². The van der Waals surface area contributed by atoms with E-state index in [0.29, 0.717) is 17.7 Å². The number of nitrogens with one attached hydrogen (secondary N) is 1. The average Bonchev–Trinajstić information content (AvgIpc) is 3.07. The first kappa shape index (κ1) is 16.1. The summed E-state index contributed by atoms with van der Waals surface area (Å²) in [5.74, 6) is -0.271. The van der Waals surface area contributed by atoms with Crippen LogP contribution in [0.25, 0.3) is 10.9 Å². The van der Waals surface area contributed by atoms with Gasteiger partial charge in [0, 0.05) is 23.6 Å². The molecule has 0 unspecified atom stereocenters. The molecule has 4 aromatic rings. The topological polar surface area (TPSA) is 50.1 Å². The molecule has 2 aromatic heterocycles. The predicted octanol–water partition coefficient (Wildman–Crippen LogP) is 4.07. The number of pyridine rings is 1. The number of rotatable bonds is 3. The van der Waals surface area contributed by atoms with Crippen LogP contribution in [0.4, 0.5) is 0 Å². The number of amides is 1. The summed E-state index contributed by atoms with van der Waals surface area (Å²) in [7, 11) is 0. The van der Waals surface area contributed by atoms with Crippen LogP contribution in [0.1, 0.15) is 21.6 Å². The quantitative estimate of drug-likeness (QED) is 0.600. The normalized spacial score (nSPS) is 11.8. The summed E-state index contributed by atoms with van der Waals surface area (Å²) < 4.78 is 1.97. The molecule has 0 aliphatic carbocycles. The maximum atomic E-state index is 12.7. The summed E-state index contributed by atoms with van der Waals surface area (Å²) >= 11 is 0. The standard InChI is InChI=1S/C22H19N3O/c1-16-10-11-19-18(13-16)14-20(23-19)22(26)24-21-9-5-6-12-25(21)15-17-7-3-2-4-8-17/h2-14,23H,15H2,1H3. The van der Waals surface area contributed by atoms with E-state index in [1.807, 2.05) is 72.3 Å². The third-order valence-corrected chi connectivity index (χ3v) is 4.34. The van der Waals surface area contributed by atoms with Crippen LogP contribution in [0.3, 0.4) is 0 Å². The zero-order valence-corrected chi connectivity index (χ0v) is 14.5. The van der Waals surface area contributed by atoms with E-state index >= 15 is 0 Å². The highest BCUT2D eigenvalue weighted by atomic mass is 16.1. The van der Waals surface area contributed by atoms with Crippen LogP contribution in [-0.2, 0) is 6.54 Å². The molecule has 26 heavy (non-hydrogen) atoms. The van der Waals surface area contributed by atoms with Gasteiger partial charge >= 0.3 is 0 Å². The Bertz CT molecular complexity index is 1140. The van der Waals surface area contributed by atoms with Crippen molar-refractivity contribution in [2.45, 2.75) is 13.5 Å². The van der Waals surface area contributed by atoms with Crippen LogP contribution < -0.4 is 5.49 Å². The lowest BCUT2D eigenvalue weighted by atomic mass is 10.2. The minimum Gasteiger partial charge on any atom is -0.350 e. The predicted molar refractivity (Wildman–Crippen MR) is 103 cm³/mol. The zero-order chi connectivity index (χ0) is 17.9. The number of aryl methyl sites for hydroxylation is 1. The molecule has 1 N–H and O–H groups in total. The summed E-state index contributed by atoms with van der Waals surface area (Å²) in [5, 5.41) is 1.02. The molecule has 0 bridgehead atoms. The summed E-state index contributed by atoms with van der Waals surface area (Å²) in [6, 6.07) is 23.7. The van der Waals surface area contributed by atoms with Gasteiger partial charge in [0.2, 0.25) is 0 Å². The van der Waals surface area contributed by atoms with Gasteiger partial charge in [0.1, 0.15) is 11.2 Å². The molecule has 4 nitrogen and oxygen atoms in total. The number of aromatic amines is 1. The van der Waals surface area contributed by atoms with Crippen molar-refractivity contribution in [3.63, 3.8) is 0 Å². The van der Waals surface area contributed by atoms with Gasteiger partial charge in [-0.1, -0.05) is 48.0 Å². The molecule has 128 valence electrons. The monoisotopic (exact) mass is 341 g/mol. The fourth-order valence-corrected chi connectivity index (χ4v) is 3.01. The summed E-state index contributed by atoms with van der Waals surface area (Å²) in [4.78, 5) is 20.2. The van der Waals surface area contributed by atoms with Crippen LogP contribution in [-0.4, -0.2) is 15.5 Å². The van der Waals surface area contributed by atoms with Gasteiger partial charge < -0.3 is 9.55 Å². The lowest BCUT2D eigenvalue weighted by Gasteiger charge is -2.07. The minimum atomic E-state index is -0.271. The molecule has 4 heteroatoms. The van der Waals surface area contributed by atoms with Gasteiger partial charge in [-0.25, -0.2) is 0 Å². The Hall–Kier alpha value is -3.40. The molecule has 4 rings (SSSR count).